The predicted octanol–water partition coefficient (Wildman–Crippen LogP) is 2.98. The number of nitrogens with one attached hydrogen (secondary N) is 2. The smallest absolute Gasteiger partial charge is 0.220 e. The Morgan fingerprint density at radius 1 is 1.29 bits per heavy atom. The lowest BCUT2D eigenvalue weighted by Gasteiger charge is -2.35. The maximum atomic E-state index is 11.6. The maximum absolute atomic E-state index is 11.6. The Kier molecular flexibility index (Phi) is 11.1. The molecule has 0 radical (unpaired) electrons. The van der Waals surface area contributed by atoms with Crippen LogP contribution in [0.4, 0.5) is 0 Å². The fraction of sp³-hybridized carbons (Fsp3) is 0.600. The number of hydrogen-bond acceptors (Lipinski definition) is 3. The molecule has 1 unspecified atom stereocenters. The molecule has 1 aromatic rings. The number of amides is 1. The Morgan fingerprint density at radius 3 is 2.39 bits per heavy atom. The summed E-state index contributed by atoms with van der Waals surface area (Å²) in [6, 6.07) is 8.23. The zero-order valence-electron chi connectivity index (χ0n) is 17.2. The summed E-state index contributed by atoms with van der Waals surface area (Å²) < 4.78 is 0. The second-order valence-corrected chi connectivity index (χ2v) is 7.70. The van der Waals surface area contributed by atoms with Crippen molar-refractivity contribution in [3.8, 4) is 0 Å². The lowest BCUT2D eigenvalue weighted by Crippen LogP contribution is -2.47. The van der Waals surface area contributed by atoms with Crippen molar-refractivity contribution in [3.05, 3.63) is 34.9 Å². The van der Waals surface area contributed by atoms with E-state index in [1.54, 1.807) is 7.05 Å². The Hall–Kier alpha value is -1.06. The molecule has 1 heterocycles. The number of carbonyl (C=O) groups is 1. The van der Waals surface area contributed by atoms with E-state index in [2.05, 4.69) is 51.7 Å². The van der Waals surface area contributed by atoms with E-state index >= 15 is 0 Å². The van der Waals surface area contributed by atoms with Crippen molar-refractivity contribution in [1.82, 2.24) is 20.4 Å². The standard InChI is InChI=1S/C20H32ClN5O.HI/c1-22-19(27)13-15-9-11-26(12-10-15)20(23-2)24-14-18(25(3)4)16-5-7-17(21)8-6-16;/h5-8,15,18H,9-14H2,1-4H3,(H,22,27)(H,23,24);1H. The van der Waals surface area contributed by atoms with Gasteiger partial charge in [-0.1, -0.05) is 23.7 Å². The summed E-state index contributed by atoms with van der Waals surface area (Å²) in [4.78, 5) is 20.5. The molecule has 2 N–H and O–H groups in total. The second kappa shape index (κ2) is 12.5. The van der Waals surface area contributed by atoms with Gasteiger partial charge in [-0.3, -0.25) is 9.79 Å². The number of nitrogens with zero attached hydrogens (tertiary/aromatic N) is 3. The fourth-order valence-corrected chi connectivity index (χ4v) is 3.64. The molecule has 1 saturated heterocycles. The van der Waals surface area contributed by atoms with E-state index in [0.717, 1.165) is 43.5 Å². The first-order valence-corrected chi connectivity index (χ1v) is 9.90. The van der Waals surface area contributed by atoms with Crippen molar-refractivity contribution in [2.24, 2.45) is 10.9 Å². The fourth-order valence-electron chi connectivity index (χ4n) is 3.52. The molecule has 0 spiro atoms. The van der Waals surface area contributed by atoms with Crippen LogP contribution in [0.5, 0.6) is 0 Å². The third-order valence-corrected chi connectivity index (χ3v) is 5.46. The number of halogens is 2. The SMILES string of the molecule is CN=C(NCC(c1ccc(Cl)cc1)N(C)C)N1CCC(CC(=O)NC)CC1.I. The summed E-state index contributed by atoms with van der Waals surface area (Å²) >= 11 is 6.02. The van der Waals surface area contributed by atoms with Gasteiger partial charge in [-0.05, 0) is 50.6 Å². The molecule has 0 bridgehead atoms. The van der Waals surface area contributed by atoms with Gasteiger partial charge >= 0.3 is 0 Å². The summed E-state index contributed by atoms with van der Waals surface area (Å²) in [5, 5.41) is 6.99. The highest BCUT2D eigenvalue weighted by Crippen LogP contribution is 2.22. The molecular formula is C20H33ClIN5O. The average Bonchev–Trinajstić information content (AvgIpc) is 2.67. The quantitative estimate of drug-likeness (QED) is 0.343. The largest absolute Gasteiger partial charge is 0.359 e. The third kappa shape index (κ3) is 7.40. The Balaban J connectivity index is 0.00000392. The van der Waals surface area contributed by atoms with Crippen molar-refractivity contribution in [2.75, 3.05) is 47.8 Å². The lowest BCUT2D eigenvalue weighted by atomic mass is 9.93. The van der Waals surface area contributed by atoms with Gasteiger partial charge in [0.05, 0.1) is 6.04 Å². The Labute approximate surface area is 191 Å². The number of guanidine groups is 1. The average molecular weight is 522 g/mol. The molecule has 0 aromatic heterocycles. The highest BCUT2D eigenvalue weighted by Gasteiger charge is 2.24. The van der Waals surface area contributed by atoms with Gasteiger partial charge in [0.2, 0.25) is 5.91 Å². The van der Waals surface area contributed by atoms with Gasteiger partial charge in [-0.25, -0.2) is 0 Å². The summed E-state index contributed by atoms with van der Waals surface area (Å²) in [5.41, 5.74) is 1.22. The van der Waals surface area contributed by atoms with Gasteiger partial charge in [0.1, 0.15) is 0 Å². The molecule has 1 aromatic carbocycles. The van der Waals surface area contributed by atoms with Gasteiger partial charge in [0.25, 0.3) is 0 Å². The van der Waals surface area contributed by atoms with Crippen LogP contribution >= 0.6 is 35.6 Å². The summed E-state index contributed by atoms with van der Waals surface area (Å²) in [6.07, 6.45) is 2.65. The number of likely N-dealkylation sites (tertiary alicyclic amines) is 1. The number of benzene rings is 1. The van der Waals surface area contributed by atoms with Crippen LogP contribution in [0.25, 0.3) is 0 Å². The van der Waals surface area contributed by atoms with Crippen molar-refractivity contribution in [1.29, 1.82) is 0 Å². The lowest BCUT2D eigenvalue weighted by molar-refractivity contribution is -0.121. The number of carbonyl (C=O) groups excluding carboxylic acids is 1. The molecule has 6 nitrogen and oxygen atoms in total. The van der Waals surface area contributed by atoms with Crippen molar-refractivity contribution >= 4 is 47.4 Å². The van der Waals surface area contributed by atoms with Crippen molar-refractivity contribution in [3.63, 3.8) is 0 Å². The van der Waals surface area contributed by atoms with Crippen molar-refractivity contribution in [2.45, 2.75) is 25.3 Å². The molecule has 2 rings (SSSR count). The van der Waals surface area contributed by atoms with E-state index < -0.39 is 0 Å². The van der Waals surface area contributed by atoms with Gasteiger partial charge in [-0.2, -0.15) is 0 Å². The molecule has 1 fully saturated rings. The predicted molar refractivity (Wildman–Crippen MR) is 128 cm³/mol. The maximum Gasteiger partial charge on any atom is 0.220 e. The molecule has 0 saturated carbocycles. The zero-order valence-corrected chi connectivity index (χ0v) is 20.3. The molecular weight excluding hydrogens is 489 g/mol. The molecule has 1 aliphatic rings. The minimum atomic E-state index is 0. The molecule has 8 heteroatoms. The molecule has 158 valence electrons. The van der Waals surface area contributed by atoms with Crippen LogP contribution in [0.1, 0.15) is 30.9 Å². The van der Waals surface area contributed by atoms with Crippen LogP contribution in [-0.4, -0.2) is 69.5 Å². The first-order chi connectivity index (χ1) is 12.9. The molecule has 0 aliphatic carbocycles. The van der Waals surface area contributed by atoms with Crippen LogP contribution < -0.4 is 10.6 Å². The number of aliphatic imine (C=N–C) groups is 1. The highest BCUT2D eigenvalue weighted by molar-refractivity contribution is 14.0. The van der Waals surface area contributed by atoms with Gasteiger partial charge in [-0.15, -0.1) is 24.0 Å². The normalized spacial score (nSPS) is 16.5. The monoisotopic (exact) mass is 521 g/mol. The highest BCUT2D eigenvalue weighted by atomic mass is 127. The van der Waals surface area contributed by atoms with E-state index in [-0.39, 0.29) is 35.9 Å². The zero-order chi connectivity index (χ0) is 19.8. The van der Waals surface area contributed by atoms with Gasteiger partial charge < -0.3 is 20.4 Å². The number of rotatable bonds is 6. The van der Waals surface area contributed by atoms with E-state index in [1.165, 1.54) is 5.56 Å². The number of likely N-dealkylation sites (N-methyl/N-ethyl adjacent to an activating group) is 1. The Bertz CT molecular complexity index is 630. The van der Waals surface area contributed by atoms with E-state index in [9.17, 15) is 4.79 Å². The first kappa shape index (κ1) is 25.0. The summed E-state index contributed by atoms with van der Waals surface area (Å²) in [6.45, 7) is 2.61. The van der Waals surface area contributed by atoms with E-state index in [1.807, 2.05) is 19.2 Å². The van der Waals surface area contributed by atoms with Crippen LogP contribution in [0.15, 0.2) is 29.3 Å². The molecule has 28 heavy (non-hydrogen) atoms. The topological polar surface area (TPSA) is 60.0 Å². The van der Waals surface area contributed by atoms with Crippen LogP contribution in [0.2, 0.25) is 5.02 Å². The van der Waals surface area contributed by atoms with Gasteiger partial charge in [0, 0.05) is 45.2 Å². The number of hydrogen-bond donors (Lipinski definition) is 2. The van der Waals surface area contributed by atoms with E-state index in [4.69, 9.17) is 11.6 Å². The number of piperidine rings is 1. The molecule has 1 aliphatic heterocycles. The first-order valence-electron chi connectivity index (χ1n) is 9.52. The third-order valence-electron chi connectivity index (χ3n) is 5.21. The second-order valence-electron chi connectivity index (χ2n) is 7.27. The summed E-state index contributed by atoms with van der Waals surface area (Å²) in [7, 11) is 7.68. The van der Waals surface area contributed by atoms with E-state index in [0.29, 0.717) is 12.3 Å². The van der Waals surface area contributed by atoms with Gasteiger partial charge in [0.15, 0.2) is 5.96 Å². The van der Waals surface area contributed by atoms with Crippen LogP contribution in [0, 0.1) is 5.92 Å². The Morgan fingerprint density at radius 2 is 1.89 bits per heavy atom. The minimum absolute atomic E-state index is 0. The van der Waals surface area contributed by atoms with Crippen molar-refractivity contribution < 1.29 is 4.79 Å². The minimum Gasteiger partial charge on any atom is -0.359 e. The molecule has 1 amide bonds. The van der Waals surface area contributed by atoms with Crippen LogP contribution in [-0.2, 0) is 4.79 Å². The summed E-state index contributed by atoms with van der Waals surface area (Å²) in [5.74, 6) is 1.52. The molecule has 1 atom stereocenters. The van der Waals surface area contributed by atoms with Crippen LogP contribution in [0.3, 0.4) is 0 Å².